The van der Waals surface area contributed by atoms with Crippen molar-refractivity contribution in [1.29, 1.82) is 0 Å². The number of hydrogen-bond acceptors (Lipinski definition) is 4. The third-order valence-corrected chi connectivity index (χ3v) is 8.56. The van der Waals surface area contributed by atoms with Gasteiger partial charge in [0.25, 0.3) is 0 Å². The zero-order chi connectivity index (χ0) is 18.2. The Morgan fingerprint density at radius 3 is 2.56 bits per heavy atom. The summed E-state index contributed by atoms with van der Waals surface area (Å²) in [5, 5.41) is 21.5. The zero-order valence-corrected chi connectivity index (χ0v) is 15.5. The maximum absolute atomic E-state index is 13.3. The van der Waals surface area contributed by atoms with E-state index in [1.807, 2.05) is 13.0 Å². The van der Waals surface area contributed by atoms with Crippen LogP contribution in [0.1, 0.15) is 65.7 Å². The summed E-state index contributed by atoms with van der Waals surface area (Å²) in [6.07, 6.45) is 5.88. The van der Waals surface area contributed by atoms with E-state index >= 15 is 0 Å². The molecule has 4 aliphatic rings. The zero-order valence-electron chi connectivity index (χ0n) is 15.5. The second kappa shape index (κ2) is 5.26. The molecule has 4 aliphatic carbocycles. The van der Waals surface area contributed by atoms with Gasteiger partial charge in [0.15, 0.2) is 5.78 Å². The summed E-state index contributed by atoms with van der Waals surface area (Å²) in [7, 11) is 0. The smallest absolute Gasteiger partial charge is 0.155 e. The van der Waals surface area contributed by atoms with E-state index in [2.05, 4.69) is 6.92 Å². The van der Waals surface area contributed by atoms with Crippen molar-refractivity contribution in [3.05, 3.63) is 11.6 Å². The van der Waals surface area contributed by atoms with Gasteiger partial charge in [-0.25, -0.2) is 0 Å². The highest BCUT2D eigenvalue weighted by atomic mass is 16.3. The van der Waals surface area contributed by atoms with Crippen LogP contribution in [0.25, 0.3) is 0 Å². The number of fused-ring (bicyclic) bond motifs is 5. The largest absolute Gasteiger partial charge is 0.390 e. The summed E-state index contributed by atoms with van der Waals surface area (Å²) in [5.74, 6) is 0.922. The third kappa shape index (κ3) is 2.07. The Kier molecular flexibility index (Phi) is 3.66. The molecule has 0 aromatic carbocycles. The molecule has 4 rings (SSSR count). The first-order valence-electron chi connectivity index (χ1n) is 9.80. The standard InChI is InChI=1S/C21H30O4/c1-12(22)21(25)9-7-16-15-5-4-13-10-14(23)6-8-19(13,2)18(15)17(24)11-20(16,21)3/h10,12,15-16,18,22,25H,4-9,11H2,1-3H3/t12-,15+,16+,18-,19+,20+,21+/m1/s1. The molecule has 0 unspecified atom stereocenters. The van der Waals surface area contributed by atoms with Gasteiger partial charge in [-0.15, -0.1) is 0 Å². The van der Waals surface area contributed by atoms with Gasteiger partial charge in [-0.2, -0.15) is 0 Å². The normalized spacial score (nSPS) is 50.6. The van der Waals surface area contributed by atoms with Crippen molar-refractivity contribution >= 4 is 11.6 Å². The number of aliphatic hydroxyl groups is 2. The molecule has 7 atom stereocenters. The van der Waals surface area contributed by atoms with Crippen LogP contribution in [0, 0.1) is 28.6 Å². The van der Waals surface area contributed by atoms with Crippen molar-refractivity contribution in [2.75, 3.05) is 0 Å². The first-order chi connectivity index (χ1) is 11.6. The van der Waals surface area contributed by atoms with Crippen molar-refractivity contribution in [1.82, 2.24) is 0 Å². The molecule has 0 aromatic rings. The van der Waals surface area contributed by atoms with Gasteiger partial charge in [0, 0.05) is 24.2 Å². The molecule has 0 saturated heterocycles. The number of carbonyl (C=O) groups is 2. The van der Waals surface area contributed by atoms with Crippen LogP contribution in [-0.4, -0.2) is 33.5 Å². The Bertz CT molecular complexity index is 665. The lowest BCUT2D eigenvalue weighted by Gasteiger charge is -2.58. The van der Waals surface area contributed by atoms with Gasteiger partial charge in [-0.05, 0) is 62.4 Å². The van der Waals surface area contributed by atoms with Crippen molar-refractivity contribution in [3.63, 3.8) is 0 Å². The lowest BCUT2D eigenvalue weighted by molar-refractivity contribution is -0.179. The van der Waals surface area contributed by atoms with E-state index in [9.17, 15) is 19.8 Å². The van der Waals surface area contributed by atoms with Crippen LogP contribution < -0.4 is 0 Å². The summed E-state index contributed by atoms with van der Waals surface area (Å²) in [6.45, 7) is 5.85. The van der Waals surface area contributed by atoms with Crippen LogP contribution in [0.5, 0.6) is 0 Å². The molecular formula is C21H30O4. The minimum Gasteiger partial charge on any atom is -0.390 e. The molecule has 3 saturated carbocycles. The lowest BCUT2D eigenvalue weighted by Crippen LogP contribution is -2.61. The number of allylic oxidation sites excluding steroid dienone is 1. The average Bonchev–Trinajstić information content (AvgIpc) is 2.80. The van der Waals surface area contributed by atoms with Crippen LogP contribution in [0.3, 0.4) is 0 Å². The fourth-order valence-electron chi connectivity index (χ4n) is 7.11. The summed E-state index contributed by atoms with van der Waals surface area (Å²) in [6, 6.07) is 0. The first-order valence-corrected chi connectivity index (χ1v) is 9.80. The molecular weight excluding hydrogens is 316 g/mol. The van der Waals surface area contributed by atoms with Crippen molar-refractivity contribution in [3.8, 4) is 0 Å². The topological polar surface area (TPSA) is 74.6 Å². The Morgan fingerprint density at radius 1 is 1.16 bits per heavy atom. The number of aliphatic hydroxyl groups excluding tert-OH is 1. The monoisotopic (exact) mass is 346 g/mol. The Hall–Kier alpha value is -1.00. The van der Waals surface area contributed by atoms with Gasteiger partial charge >= 0.3 is 0 Å². The van der Waals surface area contributed by atoms with Gasteiger partial charge in [0.05, 0.1) is 11.7 Å². The van der Waals surface area contributed by atoms with Gasteiger partial charge in [0.2, 0.25) is 0 Å². The maximum atomic E-state index is 13.3. The van der Waals surface area contributed by atoms with Gasteiger partial charge in [-0.1, -0.05) is 19.4 Å². The minimum atomic E-state index is -1.17. The van der Waals surface area contributed by atoms with Crippen molar-refractivity contribution in [2.24, 2.45) is 28.6 Å². The predicted octanol–water partition coefficient (Wildman–Crippen LogP) is 2.81. The van der Waals surface area contributed by atoms with Gasteiger partial charge in [-0.3, -0.25) is 9.59 Å². The van der Waals surface area contributed by atoms with Gasteiger partial charge in [0.1, 0.15) is 5.78 Å². The van der Waals surface area contributed by atoms with E-state index in [1.54, 1.807) is 6.92 Å². The van der Waals surface area contributed by atoms with Crippen LogP contribution in [0.2, 0.25) is 0 Å². The fourth-order valence-corrected chi connectivity index (χ4v) is 7.11. The molecule has 0 spiro atoms. The quantitative estimate of drug-likeness (QED) is 0.766. The number of rotatable bonds is 1. The van der Waals surface area contributed by atoms with E-state index in [-0.39, 0.29) is 34.7 Å². The lowest BCUT2D eigenvalue weighted by atomic mass is 9.46. The molecule has 0 bridgehead atoms. The molecule has 2 N–H and O–H groups in total. The molecule has 3 fully saturated rings. The SMILES string of the molecule is C[C@@H](O)[C@@]1(O)CC[C@H]2[C@@H]3CCC4=CC(=O)CC[C@]4(C)[C@H]3C(=O)C[C@@]21C. The van der Waals surface area contributed by atoms with E-state index < -0.39 is 17.1 Å². The van der Waals surface area contributed by atoms with Crippen LogP contribution in [-0.2, 0) is 9.59 Å². The van der Waals surface area contributed by atoms with Crippen LogP contribution in [0.4, 0.5) is 0 Å². The second-order valence-electron chi connectivity index (χ2n) is 9.54. The first kappa shape index (κ1) is 17.4. The molecule has 0 radical (unpaired) electrons. The third-order valence-electron chi connectivity index (χ3n) is 8.56. The highest BCUT2D eigenvalue weighted by Crippen LogP contribution is 2.66. The predicted molar refractivity (Wildman–Crippen MR) is 93.7 cm³/mol. The second-order valence-corrected chi connectivity index (χ2v) is 9.54. The molecule has 4 heteroatoms. The fraction of sp³-hybridized carbons (Fsp3) is 0.810. The number of carbonyl (C=O) groups excluding carboxylic acids is 2. The highest BCUT2D eigenvalue weighted by Gasteiger charge is 2.67. The Morgan fingerprint density at radius 2 is 1.88 bits per heavy atom. The molecule has 0 aromatic heterocycles. The minimum absolute atomic E-state index is 0.0324. The summed E-state index contributed by atoms with van der Waals surface area (Å²) >= 11 is 0. The van der Waals surface area contributed by atoms with E-state index in [1.165, 1.54) is 5.57 Å². The molecule has 0 aliphatic heterocycles. The molecule has 0 heterocycles. The molecule has 138 valence electrons. The molecule has 25 heavy (non-hydrogen) atoms. The number of Topliss-reactive ketones (excluding diaryl/α,β-unsaturated/α-hetero) is 1. The maximum Gasteiger partial charge on any atom is 0.155 e. The van der Waals surface area contributed by atoms with Gasteiger partial charge < -0.3 is 10.2 Å². The van der Waals surface area contributed by atoms with Crippen molar-refractivity contribution in [2.45, 2.75) is 77.4 Å². The van der Waals surface area contributed by atoms with E-state index in [4.69, 9.17) is 0 Å². The number of ketones is 2. The summed E-state index contributed by atoms with van der Waals surface area (Å²) in [4.78, 5) is 25.2. The summed E-state index contributed by atoms with van der Waals surface area (Å²) in [5.41, 5.74) is -0.731. The van der Waals surface area contributed by atoms with Crippen molar-refractivity contribution < 1.29 is 19.8 Å². The highest BCUT2D eigenvalue weighted by molar-refractivity contribution is 5.93. The van der Waals surface area contributed by atoms with Crippen LogP contribution in [0.15, 0.2) is 11.6 Å². The Labute approximate surface area is 149 Å². The van der Waals surface area contributed by atoms with Crippen LogP contribution >= 0.6 is 0 Å². The Balaban J connectivity index is 1.75. The average molecular weight is 346 g/mol. The summed E-state index contributed by atoms with van der Waals surface area (Å²) < 4.78 is 0. The molecule has 4 nitrogen and oxygen atoms in total. The van der Waals surface area contributed by atoms with E-state index in [0.717, 1.165) is 25.7 Å². The van der Waals surface area contributed by atoms with E-state index in [0.29, 0.717) is 19.3 Å². The number of hydrogen-bond donors (Lipinski definition) is 2. The molecule has 0 amide bonds.